The van der Waals surface area contributed by atoms with Gasteiger partial charge in [-0.15, -0.1) is 0 Å². The van der Waals surface area contributed by atoms with Crippen LogP contribution in [0, 0.1) is 0 Å². The number of aryl methyl sites for hydroxylation is 3. The Bertz CT molecular complexity index is 1380. The summed E-state index contributed by atoms with van der Waals surface area (Å²) in [6, 6.07) is 22.8. The molecule has 1 aromatic heterocycles. The third-order valence-corrected chi connectivity index (χ3v) is 6.47. The van der Waals surface area contributed by atoms with Gasteiger partial charge < -0.3 is 14.6 Å². The van der Waals surface area contributed by atoms with E-state index in [0.29, 0.717) is 23.5 Å². The molecule has 178 valence electrons. The number of nitrogens with one attached hydrogen (secondary N) is 1. The van der Waals surface area contributed by atoms with Crippen LogP contribution in [0.15, 0.2) is 72.8 Å². The molecule has 1 aliphatic heterocycles. The van der Waals surface area contributed by atoms with Crippen molar-refractivity contribution in [1.29, 1.82) is 0 Å². The normalized spacial score (nSPS) is 13.9. The smallest absolute Gasteiger partial charge is 0.265 e. The first-order valence-electron chi connectivity index (χ1n) is 11.9. The molecule has 4 aromatic rings. The van der Waals surface area contributed by atoms with E-state index in [0.717, 1.165) is 29.7 Å². The number of rotatable bonds is 7. The van der Waals surface area contributed by atoms with Crippen LogP contribution in [-0.4, -0.2) is 34.0 Å². The van der Waals surface area contributed by atoms with E-state index in [4.69, 9.17) is 9.72 Å². The number of hydrogen-bond acceptors (Lipinski definition) is 4. The molecule has 0 aliphatic carbocycles. The fourth-order valence-corrected chi connectivity index (χ4v) is 4.63. The van der Waals surface area contributed by atoms with Gasteiger partial charge in [0.05, 0.1) is 16.7 Å². The number of nitrogens with zero attached hydrogens (tertiary/aromatic N) is 3. The van der Waals surface area contributed by atoms with Crippen molar-refractivity contribution in [1.82, 2.24) is 9.55 Å². The van der Waals surface area contributed by atoms with Crippen molar-refractivity contribution in [2.24, 2.45) is 7.05 Å². The maximum atomic E-state index is 13.3. The average Bonchev–Trinajstić information content (AvgIpc) is 3.19. The summed E-state index contributed by atoms with van der Waals surface area (Å²) in [6.45, 7) is 1.82. The molecular weight excluding hydrogens is 440 g/mol. The van der Waals surface area contributed by atoms with Crippen molar-refractivity contribution in [3.8, 4) is 5.75 Å². The molecule has 2 heterocycles. The summed E-state index contributed by atoms with van der Waals surface area (Å²) in [5.74, 6) is 1.14. The number of carbonyl (C=O) groups is 2. The number of hydrogen-bond donors (Lipinski definition) is 1. The zero-order valence-corrected chi connectivity index (χ0v) is 19.9. The van der Waals surface area contributed by atoms with Gasteiger partial charge in [-0.3, -0.25) is 14.5 Å². The fourth-order valence-electron chi connectivity index (χ4n) is 4.63. The first-order valence-corrected chi connectivity index (χ1v) is 11.9. The number of benzene rings is 3. The van der Waals surface area contributed by atoms with E-state index >= 15 is 0 Å². The molecule has 1 aliphatic rings. The number of fused-ring (bicyclic) bond motifs is 2. The molecule has 7 nitrogen and oxygen atoms in total. The molecule has 0 unspecified atom stereocenters. The van der Waals surface area contributed by atoms with Crippen LogP contribution >= 0.6 is 0 Å². The van der Waals surface area contributed by atoms with Gasteiger partial charge in [-0.25, -0.2) is 4.98 Å². The van der Waals surface area contributed by atoms with E-state index in [9.17, 15) is 9.59 Å². The SMILES string of the molecule is CC[C@H](C(=O)Nc1ccc2c(c1)nc(CCc1ccccc1)n2C)N1C(=O)COc2ccccc21. The van der Waals surface area contributed by atoms with Crippen LogP contribution in [0.3, 0.4) is 0 Å². The van der Waals surface area contributed by atoms with Gasteiger partial charge in [0.25, 0.3) is 5.91 Å². The highest BCUT2D eigenvalue weighted by Crippen LogP contribution is 2.34. The summed E-state index contributed by atoms with van der Waals surface area (Å²) >= 11 is 0. The Kier molecular flexibility index (Phi) is 6.23. The number of imidazole rings is 1. The summed E-state index contributed by atoms with van der Waals surface area (Å²) in [6.07, 6.45) is 2.21. The second-order valence-electron chi connectivity index (χ2n) is 8.71. The number of aromatic nitrogens is 2. The van der Waals surface area contributed by atoms with E-state index in [-0.39, 0.29) is 18.4 Å². The molecule has 5 rings (SSSR count). The molecular formula is C28H28N4O3. The van der Waals surface area contributed by atoms with Gasteiger partial charge in [0, 0.05) is 19.2 Å². The third kappa shape index (κ3) is 4.49. The molecule has 7 heteroatoms. The third-order valence-electron chi connectivity index (χ3n) is 6.47. The Balaban J connectivity index is 1.35. The lowest BCUT2D eigenvalue weighted by atomic mass is 10.1. The maximum absolute atomic E-state index is 13.3. The van der Waals surface area contributed by atoms with Gasteiger partial charge in [0.1, 0.15) is 17.6 Å². The minimum atomic E-state index is -0.645. The Hall–Kier alpha value is -4.13. The van der Waals surface area contributed by atoms with Crippen molar-refractivity contribution in [3.05, 3.63) is 84.2 Å². The van der Waals surface area contributed by atoms with Crippen molar-refractivity contribution in [2.45, 2.75) is 32.2 Å². The molecule has 1 N–H and O–H groups in total. The van der Waals surface area contributed by atoms with Gasteiger partial charge in [0.2, 0.25) is 5.91 Å². The van der Waals surface area contributed by atoms with Crippen molar-refractivity contribution in [3.63, 3.8) is 0 Å². The number of para-hydroxylation sites is 2. The van der Waals surface area contributed by atoms with Gasteiger partial charge in [-0.2, -0.15) is 0 Å². The molecule has 0 radical (unpaired) electrons. The van der Waals surface area contributed by atoms with Gasteiger partial charge in [0.15, 0.2) is 6.61 Å². The lowest BCUT2D eigenvalue weighted by Crippen LogP contribution is -2.51. The van der Waals surface area contributed by atoms with Crippen molar-refractivity contribution >= 4 is 34.2 Å². The lowest BCUT2D eigenvalue weighted by molar-refractivity contribution is -0.125. The van der Waals surface area contributed by atoms with Crippen LogP contribution in [0.25, 0.3) is 11.0 Å². The molecule has 0 saturated carbocycles. The maximum Gasteiger partial charge on any atom is 0.265 e. The van der Waals surface area contributed by atoms with E-state index < -0.39 is 6.04 Å². The Labute approximate surface area is 204 Å². The second kappa shape index (κ2) is 9.62. The number of ether oxygens (including phenoxy) is 1. The quantitative estimate of drug-likeness (QED) is 0.433. The van der Waals surface area contributed by atoms with E-state index in [1.807, 2.05) is 68.6 Å². The minimum Gasteiger partial charge on any atom is -0.482 e. The molecule has 0 saturated heterocycles. The molecule has 1 atom stereocenters. The predicted molar refractivity (Wildman–Crippen MR) is 137 cm³/mol. The topological polar surface area (TPSA) is 76.5 Å². The largest absolute Gasteiger partial charge is 0.482 e. The highest BCUT2D eigenvalue weighted by atomic mass is 16.5. The second-order valence-corrected chi connectivity index (χ2v) is 8.71. The highest BCUT2D eigenvalue weighted by Gasteiger charge is 2.34. The molecule has 35 heavy (non-hydrogen) atoms. The fraction of sp³-hybridized carbons (Fsp3) is 0.250. The monoisotopic (exact) mass is 468 g/mol. The molecule has 3 aromatic carbocycles. The first kappa shape index (κ1) is 22.7. The van der Waals surface area contributed by atoms with Gasteiger partial charge in [-0.1, -0.05) is 49.4 Å². The van der Waals surface area contributed by atoms with Crippen LogP contribution in [0.2, 0.25) is 0 Å². The van der Waals surface area contributed by atoms with Gasteiger partial charge >= 0.3 is 0 Å². The average molecular weight is 469 g/mol. The highest BCUT2D eigenvalue weighted by molar-refractivity contribution is 6.07. The molecule has 0 spiro atoms. The Morgan fingerprint density at radius 1 is 1.06 bits per heavy atom. The van der Waals surface area contributed by atoms with Gasteiger partial charge in [-0.05, 0) is 48.7 Å². The van der Waals surface area contributed by atoms with Crippen LogP contribution in [0.1, 0.15) is 24.7 Å². The minimum absolute atomic E-state index is 0.0769. The summed E-state index contributed by atoms with van der Waals surface area (Å²) < 4.78 is 7.63. The van der Waals surface area contributed by atoms with E-state index in [2.05, 4.69) is 22.0 Å². The zero-order chi connectivity index (χ0) is 24.4. The van der Waals surface area contributed by atoms with Crippen molar-refractivity contribution < 1.29 is 14.3 Å². The van der Waals surface area contributed by atoms with Crippen LogP contribution in [0.5, 0.6) is 5.75 Å². The predicted octanol–water partition coefficient (Wildman–Crippen LogP) is 4.50. The molecule has 0 bridgehead atoms. The summed E-state index contributed by atoms with van der Waals surface area (Å²) in [5.41, 5.74) is 4.39. The van der Waals surface area contributed by atoms with Crippen molar-refractivity contribution in [2.75, 3.05) is 16.8 Å². The van der Waals surface area contributed by atoms with Crippen LogP contribution in [-0.2, 0) is 29.5 Å². The van der Waals surface area contributed by atoms with Crippen LogP contribution in [0.4, 0.5) is 11.4 Å². The summed E-state index contributed by atoms with van der Waals surface area (Å²) in [4.78, 5) is 32.4. The van der Waals surface area contributed by atoms with E-state index in [1.54, 1.807) is 11.0 Å². The number of carbonyl (C=O) groups excluding carboxylic acids is 2. The Morgan fingerprint density at radius 3 is 2.63 bits per heavy atom. The molecule has 2 amide bonds. The van der Waals surface area contributed by atoms with Crippen LogP contribution < -0.4 is 15.0 Å². The zero-order valence-electron chi connectivity index (χ0n) is 19.9. The standard InChI is InChI=1S/C28H28N4O3/c1-3-22(32-24-11-7-8-12-25(24)35-18-27(32)33)28(34)29-20-14-15-23-21(17-20)30-26(31(23)2)16-13-19-9-5-4-6-10-19/h4-12,14-15,17,22H,3,13,16,18H2,1-2H3,(H,29,34)/t22-/m1/s1. The Morgan fingerprint density at radius 2 is 1.83 bits per heavy atom. The number of anilines is 2. The summed E-state index contributed by atoms with van der Waals surface area (Å²) in [7, 11) is 2.02. The molecule has 0 fully saturated rings. The first-order chi connectivity index (χ1) is 17.0. The lowest BCUT2D eigenvalue weighted by Gasteiger charge is -2.34. The number of amides is 2. The summed E-state index contributed by atoms with van der Waals surface area (Å²) in [5, 5.41) is 3.00. The van der Waals surface area contributed by atoms with E-state index in [1.165, 1.54) is 5.56 Å².